The van der Waals surface area contributed by atoms with Crippen molar-refractivity contribution in [3.05, 3.63) is 69.2 Å². The van der Waals surface area contributed by atoms with Gasteiger partial charge >= 0.3 is 6.18 Å². The van der Waals surface area contributed by atoms with Crippen molar-refractivity contribution in [1.29, 1.82) is 0 Å². The van der Waals surface area contributed by atoms with Crippen LogP contribution in [0.2, 0.25) is 0 Å². The molecular weight excluding hydrogens is 331 g/mol. The van der Waals surface area contributed by atoms with E-state index in [4.69, 9.17) is 5.73 Å². The molecule has 0 aliphatic heterocycles. The zero-order chi connectivity index (χ0) is 14.9. The Morgan fingerprint density at radius 2 is 1.75 bits per heavy atom. The topological polar surface area (TPSA) is 26.0 Å². The number of aryl methyl sites for hydroxylation is 1. The zero-order valence-electron chi connectivity index (χ0n) is 10.7. The van der Waals surface area contributed by atoms with E-state index >= 15 is 0 Å². The lowest BCUT2D eigenvalue weighted by Crippen LogP contribution is -2.15. The largest absolute Gasteiger partial charge is 0.417 e. The highest BCUT2D eigenvalue weighted by atomic mass is 79.9. The van der Waals surface area contributed by atoms with Crippen LogP contribution in [0.25, 0.3) is 0 Å². The number of hydrogen-bond acceptors (Lipinski definition) is 1. The molecule has 1 unspecified atom stereocenters. The summed E-state index contributed by atoms with van der Waals surface area (Å²) in [5.74, 6) is 0. The summed E-state index contributed by atoms with van der Waals surface area (Å²) < 4.78 is 38.7. The summed E-state index contributed by atoms with van der Waals surface area (Å²) in [6.07, 6.45) is -4.40. The minimum Gasteiger partial charge on any atom is -0.320 e. The molecule has 0 bridgehead atoms. The van der Waals surface area contributed by atoms with Crippen LogP contribution in [-0.2, 0) is 6.18 Å². The molecule has 2 aromatic carbocycles. The maximum atomic E-state index is 12.9. The maximum absolute atomic E-state index is 12.9. The Bertz CT molecular complexity index is 623. The number of benzene rings is 2. The van der Waals surface area contributed by atoms with Crippen LogP contribution in [0.3, 0.4) is 0 Å². The van der Waals surface area contributed by atoms with E-state index < -0.39 is 17.8 Å². The van der Waals surface area contributed by atoms with E-state index in [0.29, 0.717) is 5.56 Å². The molecule has 0 heterocycles. The van der Waals surface area contributed by atoms with Gasteiger partial charge in [0.25, 0.3) is 0 Å². The van der Waals surface area contributed by atoms with Gasteiger partial charge < -0.3 is 5.73 Å². The van der Waals surface area contributed by atoms with E-state index in [1.807, 2.05) is 31.2 Å². The Morgan fingerprint density at radius 1 is 1.10 bits per heavy atom. The summed E-state index contributed by atoms with van der Waals surface area (Å²) in [6.45, 7) is 1.89. The maximum Gasteiger partial charge on any atom is 0.417 e. The second kappa shape index (κ2) is 5.58. The fraction of sp³-hybridized carbons (Fsp3) is 0.200. The van der Waals surface area contributed by atoms with Gasteiger partial charge in [-0.25, -0.2) is 0 Å². The SMILES string of the molecule is Cc1ccccc1C(N)c1ccc(Br)c(C(F)(F)F)c1. The molecule has 0 radical (unpaired) electrons. The first-order valence-corrected chi connectivity index (χ1v) is 6.77. The normalized spacial score (nSPS) is 13.3. The summed E-state index contributed by atoms with van der Waals surface area (Å²) >= 11 is 2.93. The van der Waals surface area contributed by atoms with Crippen molar-refractivity contribution in [1.82, 2.24) is 0 Å². The standard InChI is InChI=1S/C15H13BrF3N/c1-9-4-2-3-5-11(9)14(20)10-6-7-13(16)12(8-10)15(17,18)19/h2-8,14H,20H2,1H3. The number of halogens is 4. The first-order chi connectivity index (χ1) is 9.30. The number of rotatable bonds is 2. The molecule has 2 aromatic rings. The summed E-state index contributed by atoms with van der Waals surface area (Å²) in [7, 11) is 0. The van der Waals surface area contributed by atoms with Gasteiger partial charge in [-0.05, 0) is 35.7 Å². The molecule has 2 N–H and O–H groups in total. The highest BCUT2D eigenvalue weighted by Gasteiger charge is 2.33. The third-order valence-electron chi connectivity index (χ3n) is 3.18. The molecule has 0 fully saturated rings. The molecule has 2 rings (SSSR count). The van der Waals surface area contributed by atoms with Crippen molar-refractivity contribution in [3.8, 4) is 0 Å². The molecule has 0 saturated carbocycles. The molecule has 20 heavy (non-hydrogen) atoms. The molecule has 1 nitrogen and oxygen atoms in total. The Kier molecular flexibility index (Phi) is 4.20. The highest BCUT2D eigenvalue weighted by Crippen LogP contribution is 2.37. The molecule has 5 heteroatoms. The number of hydrogen-bond donors (Lipinski definition) is 1. The minimum absolute atomic E-state index is 0.0192. The number of nitrogens with two attached hydrogens (primary N) is 1. The lowest BCUT2D eigenvalue weighted by molar-refractivity contribution is -0.138. The Labute approximate surface area is 123 Å². The molecule has 0 amide bonds. The summed E-state index contributed by atoms with van der Waals surface area (Å²) in [5.41, 5.74) is 7.60. The second-order valence-electron chi connectivity index (χ2n) is 4.57. The molecule has 0 saturated heterocycles. The summed E-state index contributed by atoms with van der Waals surface area (Å²) in [6, 6.07) is 10.9. The van der Waals surface area contributed by atoms with Gasteiger partial charge in [0, 0.05) is 4.47 Å². The van der Waals surface area contributed by atoms with Crippen molar-refractivity contribution >= 4 is 15.9 Å². The fourth-order valence-electron chi connectivity index (χ4n) is 2.07. The quantitative estimate of drug-likeness (QED) is 0.830. The van der Waals surface area contributed by atoms with Gasteiger partial charge in [-0.3, -0.25) is 0 Å². The first kappa shape index (κ1) is 15.1. The Hall–Kier alpha value is -1.33. The second-order valence-corrected chi connectivity index (χ2v) is 5.43. The fourth-order valence-corrected chi connectivity index (χ4v) is 2.54. The van der Waals surface area contributed by atoms with Crippen molar-refractivity contribution in [3.63, 3.8) is 0 Å². The van der Waals surface area contributed by atoms with Gasteiger partial charge in [-0.2, -0.15) is 13.2 Å². The van der Waals surface area contributed by atoms with Crippen LogP contribution in [0.5, 0.6) is 0 Å². The van der Waals surface area contributed by atoms with E-state index in [2.05, 4.69) is 15.9 Å². The highest BCUT2D eigenvalue weighted by molar-refractivity contribution is 9.10. The van der Waals surface area contributed by atoms with E-state index in [1.54, 1.807) is 6.07 Å². The summed E-state index contributed by atoms with van der Waals surface area (Å²) in [5, 5.41) is 0. The molecule has 0 aliphatic carbocycles. The lowest BCUT2D eigenvalue weighted by Gasteiger charge is -2.17. The predicted octanol–water partition coefficient (Wildman–Crippen LogP) is 4.82. The van der Waals surface area contributed by atoms with Crippen molar-refractivity contribution in [2.24, 2.45) is 5.73 Å². The van der Waals surface area contributed by atoms with Crippen LogP contribution >= 0.6 is 15.9 Å². The Balaban J connectivity index is 2.46. The summed E-state index contributed by atoms with van der Waals surface area (Å²) in [4.78, 5) is 0. The molecule has 0 aromatic heterocycles. The predicted molar refractivity (Wildman–Crippen MR) is 76.4 cm³/mol. The van der Waals surface area contributed by atoms with Crippen LogP contribution in [0.1, 0.15) is 28.3 Å². The van der Waals surface area contributed by atoms with E-state index in [9.17, 15) is 13.2 Å². The molecule has 106 valence electrons. The zero-order valence-corrected chi connectivity index (χ0v) is 12.3. The van der Waals surface area contributed by atoms with E-state index in [0.717, 1.165) is 17.2 Å². The van der Waals surface area contributed by atoms with Crippen LogP contribution < -0.4 is 5.73 Å². The average molecular weight is 344 g/mol. The van der Waals surface area contributed by atoms with Gasteiger partial charge in [0.2, 0.25) is 0 Å². The lowest BCUT2D eigenvalue weighted by atomic mass is 9.95. The van der Waals surface area contributed by atoms with Crippen LogP contribution in [0.4, 0.5) is 13.2 Å². The smallest absolute Gasteiger partial charge is 0.320 e. The van der Waals surface area contributed by atoms with Crippen LogP contribution in [-0.4, -0.2) is 0 Å². The first-order valence-electron chi connectivity index (χ1n) is 5.98. The average Bonchev–Trinajstić information content (AvgIpc) is 2.37. The van der Waals surface area contributed by atoms with Gasteiger partial charge in [0.05, 0.1) is 11.6 Å². The van der Waals surface area contributed by atoms with Crippen molar-refractivity contribution < 1.29 is 13.2 Å². The van der Waals surface area contributed by atoms with E-state index in [-0.39, 0.29) is 4.47 Å². The minimum atomic E-state index is -4.40. The van der Waals surface area contributed by atoms with E-state index in [1.165, 1.54) is 6.07 Å². The van der Waals surface area contributed by atoms with Crippen molar-refractivity contribution in [2.75, 3.05) is 0 Å². The number of alkyl halides is 3. The van der Waals surface area contributed by atoms with Gasteiger partial charge in [-0.1, -0.05) is 46.3 Å². The van der Waals surface area contributed by atoms with Gasteiger partial charge in [-0.15, -0.1) is 0 Å². The molecule has 0 aliphatic rings. The third kappa shape index (κ3) is 3.04. The van der Waals surface area contributed by atoms with Gasteiger partial charge in [0.15, 0.2) is 0 Å². The van der Waals surface area contributed by atoms with Gasteiger partial charge in [0.1, 0.15) is 0 Å². The van der Waals surface area contributed by atoms with Crippen LogP contribution in [0.15, 0.2) is 46.9 Å². The molecule has 1 atom stereocenters. The monoisotopic (exact) mass is 343 g/mol. The van der Waals surface area contributed by atoms with Crippen LogP contribution in [0, 0.1) is 6.92 Å². The third-order valence-corrected chi connectivity index (χ3v) is 3.87. The molecule has 0 spiro atoms. The molecular formula is C15H13BrF3N. The Morgan fingerprint density at radius 3 is 2.35 bits per heavy atom. The van der Waals surface area contributed by atoms with Crippen molar-refractivity contribution in [2.45, 2.75) is 19.1 Å².